The van der Waals surface area contributed by atoms with Crippen LogP contribution in [0.15, 0.2) is 42.0 Å². The molecule has 1 amide bonds. The van der Waals surface area contributed by atoms with E-state index in [4.69, 9.17) is 14.2 Å². The minimum atomic E-state index is -0.827. The molecule has 4 rings (SSSR count). The predicted octanol–water partition coefficient (Wildman–Crippen LogP) is 2.86. The van der Waals surface area contributed by atoms with E-state index in [-0.39, 0.29) is 22.8 Å². The average Bonchev–Trinajstić information content (AvgIpc) is 3.14. The van der Waals surface area contributed by atoms with E-state index in [1.807, 2.05) is 6.92 Å². The van der Waals surface area contributed by atoms with Gasteiger partial charge in [-0.2, -0.15) is 0 Å². The first kappa shape index (κ1) is 25.5. The van der Waals surface area contributed by atoms with E-state index in [0.29, 0.717) is 43.1 Å². The molecule has 9 nitrogen and oxygen atoms in total. The molecule has 2 N–H and O–H groups in total. The van der Waals surface area contributed by atoms with Crippen molar-refractivity contribution < 1.29 is 34.0 Å². The highest BCUT2D eigenvalue weighted by Crippen LogP contribution is 2.42. The fourth-order valence-electron chi connectivity index (χ4n) is 4.79. The van der Waals surface area contributed by atoms with Gasteiger partial charge in [0.15, 0.2) is 11.5 Å². The van der Waals surface area contributed by atoms with Crippen LogP contribution in [0.2, 0.25) is 0 Å². The van der Waals surface area contributed by atoms with E-state index in [1.165, 1.54) is 18.1 Å². The number of phenols is 1. The maximum absolute atomic E-state index is 13.3. The first-order chi connectivity index (χ1) is 17.3. The van der Waals surface area contributed by atoms with Crippen LogP contribution in [0.4, 0.5) is 0 Å². The van der Waals surface area contributed by atoms with E-state index in [9.17, 15) is 19.8 Å². The number of aliphatic hydroxyl groups is 1. The number of likely N-dealkylation sites (tertiary alicyclic amines) is 1. The van der Waals surface area contributed by atoms with Gasteiger partial charge in [0.1, 0.15) is 11.5 Å². The molecule has 0 radical (unpaired) electrons. The standard InChI is InChI=1S/C27H32N2O7/c1-17-15-19(6-8-21(17)34-2)25(31)23-24(18-5-7-20(30)22(16-18)35-3)29(27(33)26(23)32)10-4-9-28-11-13-36-14-12-28/h5-8,15-16,24,30-31H,4,9-14H2,1-3H3/t24-/m1/s1. The Bertz CT molecular complexity index is 1170. The minimum Gasteiger partial charge on any atom is -0.507 e. The fraction of sp³-hybridized carbons (Fsp3) is 0.407. The number of rotatable bonds is 8. The molecule has 0 bridgehead atoms. The fourth-order valence-corrected chi connectivity index (χ4v) is 4.79. The van der Waals surface area contributed by atoms with E-state index >= 15 is 0 Å². The number of nitrogens with zero attached hydrogens (tertiary/aromatic N) is 2. The van der Waals surface area contributed by atoms with Crippen molar-refractivity contribution in [2.75, 3.05) is 53.6 Å². The number of benzene rings is 2. The van der Waals surface area contributed by atoms with Crippen LogP contribution in [0.1, 0.15) is 29.2 Å². The van der Waals surface area contributed by atoms with Crippen molar-refractivity contribution in [1.29, 1.82) is 0 Å². The molecule has 0 aromatic heterocycles. The highest BCUT2D eigenvalue weighted by molar-refractivity contribution is 6.46. The van der Waals surface area contributed by atoms with Crippen molar-refractivity contribution in [3.63, 3.8) is 0 Å². The summed E-state index contributed by atoms with van der Waals surface area (Å²) in [6.07, 6.45) is 0.653. The quantitative estimate of drug-likeness (QED) is 0.326. The second-order valence-corrected chi connectivity index (χ2v) is 8.92. The number of aromatic hydroxyl groups is 1. The lowest BCUT2D eigenvalue weighted by Crippen LogP contribution is -2.38. The van der Waals surface area contributed by atoms with Gasteiger partial charge in [-0.3, -0.25) is 14.5 Å². The Kier molecular flexibility index (Phi) is 7.81. The first-order valence-corrected chi connectivity index (χ1v) is 12.0. The lowest BCUT2D eigenvalue weighted by molar-refractivity contribution is -0.140. The highest BCUT2D eigenvalue weighted by atomic mass is 16.5. The summed E-state index contributed by atoms with van der Waals surface area (Å²) in [6.45, 7) is 5.94. The SMILES string of the molecule is COc1ccc(C(O)=C2C(=O)C(=O)N(CCCN3CCOCC3)[C@@H]2c2ccc(O)c(OC)c2)cc1C. The van der Waals surface area contributed by atoms with Gasteiger partial charge in [-0.1, -0.05) is 6.07 Å². The third-order valence-electron chi connectivity index (χ3n) is 6.70. The van der Waals surface area contributed by atoms with Crippen molar-refractivity contribution >= 4 is 17.4 Å². The summed E-state index contributed by atoms with van der Waals surface area (Å²) in [5, 5.41) is 21.4. The zero-order chi connectivity index (χ0) is 25.8. The number of phenolic OH excluding ortho intramolecular Hbond substituents is 1. The number of aryl methyl sites for hydroxylation is 1. The van der Waals surface area contributed by atoms with Crippen molar-refractivity contribution in [3.05, 3.63) is 58.7 Å². The summed E-state index contributed by atoms with van der Waals surface area (Å²) in [7, 11) is 2.99. The smallest absolute Gasteiger partial charge is 0.295 e. The highest BCUT2D eigenvalue weighted by Gasteiger charge is 2.46. The van der Waals surface area contributed by atoms with Crippen LogP contribution in [0.25, 0.3) is 5.76 Å². The third kappa shape index (κ3) is 5.03. The zero-order valence-corrected chi connectivity index (χ0v) is 20.8. The van der Waals surface area contributed by atoms with Gasteiger partial charge >= 0.3 is 0 Å². The maximum Gasteiger partial charge on any atom is 0.295 e. The van der Waals surface area contributed by atoms with E-state index < -0.39 is 17.7 Å². The van der Waals surface area contributed by atoms with Gasteiger partial charge in [0.25, 0.3) is 11.7 Å². The van der Waals surface area contributed by atoms with Gasteiger partial charge in [-0.05, 0) is 54.8 Å². The molecule has 0 unspecified atom stereocenters. The molecule has 192 valence electrons. The monoisotopic (exact) mass is 496 g/mol. The number of methoxy groups -OCH3 is 2. The van der Waals surface area contributed by atoms with Crippen LogP contribution in [-0.2, 0) is 14.3 Å². The van der Waals surface area contributed by atoms with Crippen LogP contribution >= 0.6 is 0 Å². The summed E-state index contributed by atoms with van der Waals surface area (Å²) in [4.78, 5) is 30.2. The van der Waals surface area contributed by atoms with Crippen LogP contribution in [0.3, 0.4) is 0 Å². The number of amides is 1. The normalized spacial score (nSPS) is 20.1. The van der Waals surface area contributed by atoms with Gasteiger partial charge in [0.05, 0.1) is 39.0 Å². The molecule has 2 aliphatic rings. The summed E-state index contributed by atoms with van der Waals surface area (Å²) in [5.41, 5.74) is 1.75. The first-order valence-electron chi connectivity index (χ1n) is 12.0. The lowest BCUT2D eigenvalue weighted by Gasteiger charge is -2.29. The van der Waals surface area contributed by atoms with Crippen molar-refractivity contribution in [2.24, 2.45) is 0 Å². The maximum atomic E-state index is 13.3. The third-order valence-corrected chi connectivity index (χ3v) is 6.70. The molecule has 2 saturated heterocycles. The van der Waals surface area contributed by atoms with Crippen molar-refractivity contribution in [1.82, 2.24) is 9.80 Å². The van der Waals surface area contributed by atoms with Gasteiger partial charge in [0, 0.05) is 31.7 Å². The average molecular weight is 497 g/mol. The Hall–Kier alpha value is -3.56. The van der Waals surface area contributed by atoms with E-state index in [2.05, 4.69) is 4.90 Å². The van der Waals surface area contributed by atoms with Crippen LogP contribution < -0.4 is 9.47 Å². The molecular weight excluding hydrogens is 464 g/mol. The Balaban J connectivity index is 1.73. The molecule has 2 fully saturated rings. The number of hydrogen-bond acceptors (Lipinski definition) is 8. The molecule has 2 aliphatic heterocycles. The molecule has 2 aromatic carbocycles. The largest absolute Gasteiger partial charge is 0.507 e. The van der Waals surface area contributed by atoms with Crippen molar-refractivity contribution in [3.8, 4) is 17.2 Å². The summed E-state index contributed by atoms with van der Waals surface area (Å²) in [6, 6.07) is 8.94. The molecule has 2 heterocycles. The van der Waals surface area contributed by atoms with Crippen molar-refractivity contribution in [2.45, 2.75) is 19.4 Å². The Labute approximate surface area is 210 Å². The summed E-state index contributed by atoms with van der Waals surface area (Å²) in [5.74, 6) is -0.866. The Morgan fingerprint density at radius 2 is 1.75 bits per heavy atom. The minimum absolute atomic E-state index is 0.00341. The number of carbonyl (C=O) groups is 2. The van der Waals surface area contributed by atoms with E-state index in [1.54, 1.807) is 37.4 Å². The lowest BCUT2D eigenvalue weighted by atomic mass is 9.94. The topological polar surface area (TPSA) is 109 Å². The number of ketones is 1. The molecule has 36 heavy (non-hydrogen) atoms. The van der Waals surface area contributed by atoms with Crippen LogP contribution in [0.5, 0.6) is 17.2 Å². The molecular formula is C27H32N2O7. The van der Waals surface area contributed by atoms with Crippen LogP contribution in [-0.4, -0.2) is 85.3 Å². The molecule has 0 spiro atoms. The summed E-state index contributed by atoms with van der Waals surface area (Å²) < 4.78 is 16.0. The Morgan fingerprint density at radius 3 is 2.42 bits per heavy atom. The van der Waals surface area contributed by atoms with E-state index in [0.717, 1.165) is 25.2 Å². The number of aliphatic hydroxyl groups excluding tert-OH is 1. The van der Waals surface area contributed by atoms with Gasteiger partial charge < -0.3 is 29.3 Å². The summed E-state index contributed by atoms with van der Waals surface area (Å²) >= 11 is 0. The second-order valence-electron chi connectivity index (χ2n) is 8.92. The molecule has 0 saturated carbocycles. The zero-order valence-electron chi connectivity index (χ0n) is 20.8. The number of carbonyl (C=O) groups excluding carboxylic acids is 2. The number of hydrogen-bond donors (Lipinski definition) is 2. The van der Waals surface area contributed by atoms with Gasteiger partial charge in [0.2, 0.25) is 0 Å². The number of Topliss-reactive ketones (excluding diaryl/α,β-unsaturated/α-hetero) is 1. The van der Waals surface area contributed by atoms with Gasteiger partial charge in [-0.15, -0.1) is 0 Å². The number of morpholine rings is 1. The molecule has 1 atom stereocenters. The molecule has 2 aromatic rings. The molecule has 0 aliphatic carbocycles. The number of ether oxygens (including phenoxy) is 3. The Morgan fingerprint density at radius 1 is 1.03 bits per heavy atom. The second kappa shape index (κ2) is 11.0. The molecule has 9 heteroatoms. The van der Waals surface area contributed by atoms with Gasteiger partial charge in [-0.25, -0.2) is 0 Å². The van der Waals surface area contributed by atoms with Crippen LogP contribution in [0, 0.1) is 6.92 Å². The predicted molar refractivity (Wildman–Crippen MR) is 133 cm³/mol.